The second-order valence-corrected chi connectivity index (χ2v) is 3.65. The molecule has 76 valence electrons. The van der Waals surface area contributed by atoms with Crippen molar-refractivity contribution in [2.75, 3.05) is 24.3 Å². The van der Waals surface area contributed by atoms with Gasteiger partial charge in [0, 0.05) is 12.6 Å². The van der Waals surface area contributed by atoms with Crippen molar-refractivity contribution >= 4 is 11.4 Å². The first-order valence-corrected chi connectivity index (χ1v) is 5.05. The van der Waals surface area contributed by atoms with Crippen molar-refractivity contribution in [1.29, 1.82) is 0 Å². The summed E-state index contributed by atoms with van der Waals surface area (Å²) >= 11 is 0. The number of anilines is 2. The van der Waals surface area contributed by atoms with Crippen LogP contribution in [0.2, 0.25) is 0 Å². The highest BCUT2D eigenvalue weighted by molar-refractivity contribution is 5.65. The van der Waals surface area contributed by atoms with E-state index in [9.17, 15) is 0 Å². The summed E-state index contributed by atoms with van der Waals surface area (Å²) in [4.78, 5) is 0. The lowest BCUT2D eigenvalue weighted by atomic mass is 10.1. The Morgan fingerprint density at radius 2 is 2.21 bits per heavy atom. The van der Waals surface area contributed by atoms with Gasteiger partial charge in [0.25, 0.3) is 0 Å². The van der Waals surface area contributed by atoms with Crippen molar-refractivity contribution in [2.45, 2.75) is 18.9 Å². The molecule has 0 bridgehead atoms. The van der Waals surface area contributed by atoms with Gasteiger partial charge in [0.2, 0.25) is 0 Å². The Bertz CT molecular complexity index is 295. The zero-order chi connectivity index (χ0) is 9.80. The highest BCUT2D eigenvalue weighted by atomic mass is 16.5. The molecule has 1 atom stereocenters. The van der Waals surface area contributed by atoms with E-state index in [1.165, 1.54) is 0 Å². The molecule has 2 rings (SSSR count). The second-order valence-electron chi connectivity index (χ2n) is 3.65. The number of nitrogens with one attached hydrogen (secondary N) is 1. The minimum Gasteiger partial charge on any atom is -0.397 e. The first-order chi connectivity index (χ1) is 6.86. The van der Waals surface area contributed by atoms with Crippen LogP contribution < -0.4 is 11.1 Å². The Balaban J connectivity index is 1.99. The van der Waals surface area contributed by atoms with Crippen molar-refractivity contribution in [1.82, 2.24) is 0 Å². The summed E-state index contributed by atoms with van der Waals surface area (Å²) in [5.74, 6) is 0. The van der Waals surface area contributed by atoms with E-state index in [2.05, 4.69) is 5.32 Å². The summed E-state index contributed by atoms with van der Waals surface area (Å²) < 4.78 is 5.39. The van der Waals surface area contributed by atoms with Crippen LogP contribution in [0, 0.1) is 0 Å². The van der Waals surface area contributed by atoms with Gasteiger partial charge >= 0.3 is 0 Å². The summed E-state index contributed by atoms with van der Waals surface area (Å²) in [7, 11) is 0. The third kappa shape index (κ3) is 2.17. The first kappa shape index (κ1) is 9.34. The fraction of sp³-hybridized carbons (Fsp3) is 0.455. The summed E-state index contributed by atoms with van der Waals surface area (Å²) in [6.45, 7) is 1.68. The van der Waals surface area contributed by atoms with Gasteiger partial charge in [-0.15, -0.1) is 0 Å². The molecule has 1 aliphatic rings. The van der Waals surface area contributed by atoms with Crippen LogP contribution in [0.5, 0.6) is 0 Å². The number of para-hydroxylation sites is 2. The molecule has 1 aliphatic heterocycles. The fourth-order valence-electron chi connectivity index (χ4n) is 1.70. The lowest BCUT2D eigenvalue weighted by Crippen LogP contribution is -2.30. The molecular weight excluding hydrogens is 176 g/mol. The monoisotopic (exact) mass is 192 g/mol. The lowest BCUT2D eigenvalue weighted by Gasteiger charge is -2.24. The van der Waals surface area contributed by atoms with E-state index in [1.54, 1.807) is 0 Å². The molecule has 3 heteroatoms. The quantitative estimate of drug-likeness (QED) is 0.703. The smallest absolute Gasteiger partial charge is 0.0667 e. The normalized spacial score (nSPS) is 21.9. The third-order valence-corrected chi connectivity index (χ3v) is 2.48. The van der Waals surface area contributed by atoms with Crippen molar-refractivity contribution < 1.29 is 4.74 Å². The summed E-state index contributed by atoms with van der Waals surface area (Å²) in [6, 6.07) is 8.25. The molecule has 1 unspecified atom stereocenters. The molecule has 0 spiro atoms. The van der Waals surface area contributed by atoms with Crippen LogP contribution in [0.3, 0.4) is 0 Å². The average Bonchev–Trinajstić information content (AvgIpc) is 2.23. The van der Waals surface area contributed by atoms with Crippen LogP contribution >= 0.6 is 0 Å². The molecule has 0 aliphatic carbocycles. The van der Waals surface area contributed by atoms with E-state index < -0.39 is 0 Å². The Morgan fingerprint density at radius 1 is 1.36 bits per heavy atom. The molecule has 0 radical (unpaired) electrons. The van der Waals surface area contributed by atoms with E-state index in [4.69, 9.17) is 10.5 Å². The van der Waals surface area contributed by atoms with Gasteiger partial charge in [-0.2, -0.15) is 0 Å². The van der Waals surface area contributed by atoms with Gasteiger partial charge in [-0.3, -0.25) is 0 Å². The number of hydrogen-bond acceptors (Lipinski definition) is 3. The van der Waals surface area contributed by atoms with E-state index in [1.807, 2.05) is 24.3 Å². The fourth-order valence-corrected chi connectivity index (χ4v) is 1.70. The molecule has 0 saturated carbocycles. The number of ether oxygens (including phenoxy) is 1. The number of nitrogens with two attached hydrogens (primary N) is 1. The Hall–Kier alpha value is -1.22. The van der Waals surface area contributed by atoms with Gasteiger partial charge in [0.05, 0.1) is 18.0 Å². The predicted molar refractivity (Wildman–Crippen MR) is 58.3 cm³/mol. The maximum absolute atomic E-state index is 5.83. The molecule has 0 aromatic heterocycles. The van der Waals surface area contributed by atoms with Crippen molar-refractivity contribution in [3.05, 3.63) is 24.3 Å². The minimum absolute atomic E-state index is 0.411. The minimum atomic E-state index is 0.411. The molecule has 1 fully saturated rings. The van der Waals surface area contributed by atoms with Gasteiger partial charge in [-0.25, -0.2) is 0 Å². The summed E-state index contributed by atoms with van der Waals surface area (Å²) in [5, 5.41) is 3.40. The van der Waals surface area contributed by atoms with E-state index in [0.717, 1.165) is 37.4 Å². The third-order valence-electron chi connectivity index (χ3n) is 2.48. The lowest BCUT2D eigenvalue weighted by molar-refractivity contribution is 0.0876. The van der Waals surface area contributed by atoms with E-state index in [0.29, 0.717) is 6.04 Å². The van der Waals surface area contributed by atoms with Crippen molar-refractivity contribution in [3.63, 3.8) is 0 Å². The maximum Gasteiger partial charge on any atom is 0.0667 e. The Labute approximate surface area is 84.3 Å². The van der Waals surface area contributed by atoms with Gasteiger partial charge in [-0.05, 0) is 25.0 Å². The van der Waals surface area contributed by atoms with Crippen molar-refractivity contribution in [2.24, 2.45) is 0 Å². The van der Waals surface area contributed by atoms with Gasteiger partial charge < -0.3 is 15.8 Å². The summed E-state index contributed by atoms with van der Waals surface area (Å²) in [5.41, 5.74) is 7.65. The number of rotatable bonds is 2. The standard InChI is InChI=1S/C11H16N2O/c12-10-5-1-2-6-11(10)13-9-4-3-7-14-8-9/h1-2,5-6,9,13H,3-4,7-8,12H2. The topological polar surface area (TPSA) is 47.3 Å². The molecular formula is C11H16N2O. The Kier molecular flexibility index (Phi) is 2.89. The van der Waals surface area contributed by atoms with Gasteiger partial charge in [0.1, 0.15) is 0 Å². The second kappa shape index (κ2) is 4.33. The zero-order valence-corrected chi connectivity index (χ0v) is 8.20. The van der Waals surface area contributed by atoms with Crippen molar-refractivity contribution in [3.8, 4) is 0 Å². The molecule has 3 N–H and O–H groups in total. The van der Waals surface area contributed by atoms with Gasteiger partial charge in [-0.1, -0.05) is 12.1 Å². The number of hydrogen-bond donors (Lipinski definition) is 2. The maximum atomic E-state index is 5.83. The molecule has 14 heavy (non-hydrogen) atoms. The highest BCUT2D eigenvalue weighted by Gasteiger charge is 2.13. The van der Waals surface area contributed by atoms with Crippen LogP contribution in [-0.2, 0) is 4.74 Å². The molecule has 1 aromatic rings. The largest absolute Gasteiger partial charge is 0.397 e. The van der Waals surface area contributed by atoms with Crippen LogP contribution in [0.15, 0.2) is 24.3 Å². The predicted octanol–water partition coefficient (Wildman–Crippen LogP) is 1.86. The van der Waals surface area contributed by atoms with Crippen LogP contribution in [0.25, 0.3) is 0 Å². The molecule has 1 heterocycles. The first-order valence-electron chi connectivity index (χ1n) is 5.05. The van der Waals surface area contributed by atoms with Crippen LogP contribution in [0.1, 0.15) is 12.8 Å². The SMILES string of the molecule is Nc1ccccc1NC1CCCOC1. The van der Waals surface area contributed by atoms with E-state index >= 15 is 0 Å². The molecule has 1 saturated heterocycles. The number of benzene rings is 1. The summed E-state index contributed by atoms with van der Waals surface area (Å²) in [6.07, 6.45) is 2.29. The molecule has 3 nitrogen and oxygen atoms in total. The van der Waals surface area contributed by atoms with Crippen LogP contribution in [-0.4, -0.2) is 19.3 Å². The molecule has 0 amide bonds. The molecule has 1 aromatic carbocycles. The average molecular weight is 192 g/mol. The van der Waals surface area contributed by atoms with E-state index in [-0.39, 0.29) is 0 Å². The van der Waals surface area contributed by atoms with Crippen LogP contribution in [0.4, 0.5) is 11.4 Å². The highest BCUT2D eigenvalue weighted by Crippen LogP contribution is 2.20. The Morgan fingerprint density at radius 3 is 2.93 bits per heavy atom. The zero-order valence-electron chi connectivity index (χ0n) is 8.20. The van der Waals surface area contributed by atoms with Gasteiger partial charge in [0.15, 0.2) is 0 Å². The number of nitrogen functional groups attached to an aromatic ring is 1.